The molecule has 1 unspecified atom stereocenters. The molecule has 5 heteroatoms. The minimum Gasteiger partial charge on any atom is -0.324 e. The molecule has 4 nitrogen and oxygen atoms in total. The second-order valence-corrected chi connectivity index (χ2v) is 5.99. The minimum absolute atomic E-state index is 0.131. The monoisotopic (exact) mass is 242 g/mol. The van der Waals surface area contributed by atoms with Crippen molar-refractivity contribution in [3.05, 3.63) is 35.4 Å². The van der Waals surface area contributed by atoms with E-state index >= 15 is 0 Å². The maximum Gasteiger partial charge on any atom is 0.328 e. The van der Waals surface area contributed by atoms with Gasteiger partial charge in [-0.15, -0.1) is 0 Å². The van der Waals surface area contributed by atoms with E-state index in [0.717, 1.165) is 5.56 Å². The van der Waals surface area contributed by atoms with E-state index < -0.39 is 13.3 Å². The molecule has 0 spiro atoms. The zero-order chi connectivity index (χ0) is 12.3. The van der Waals surface area contributed by atoms with E-state index in [9.17, 15) is 9.36 Å². The second kappa shape index (κ2) is 4.91. The molecule has 0 saturated heterocycles. The van der Waals surface area contributed by atoms with Gasteiger partial charge in [0, 0.05) is 12.0 Å². The first-order chi connectivity index (χ1) is 7.30. The van der Waals surface area contributed by atoms with Crippen LogP contribution in [0.2, 0.25) is 0 Å². The first-order valence-corrected chi connectivity index (χ1v) is 6.64. The summed E-state index contributed by atoms with van der Waals surface area (Å²) in [5, 5.41) is 0. The van der Waals surface area contributed by atoms with Crippen LogP contribution >= 0.6 is 7.60 Å². The maximum absolute atomic E-state index is 11.7. The summed E-state index contributed by atoms with van der Waals surface area (Å²) >= 11 is 0. The Morgan fingerprint density at radius 2 is 2.06 bits per heavy atom. The van der Waals surface area contributed by atoms with E-state index in [1.165, 1.54) is 6.92 Å². The summed E-state index contributed by atoms with van der Waals surface area (Å²) in [5.74, 6) is -0.237. The van der Waals surface area contributed by atoms with E-state index in [1.807, 2.05) is 13.0 Å². The average Bonchev–Trinajstić information content (AvgIpc) is 2.16. The lowest BCUT2D eigenvalue weighted by molar-refractivity contribution is 0.0979. The normalized spacial score (nSPS) is 13.5. The van der Waals surface area contributed by atoms with E-state index in [4.69, 9.17) is 9.79 Å². The number of carbonyl (C=O) groups excluding carboxylic acids is 1. The molecule has 0 aliphatic carbocycles. The van der Waals surface area contributed by atoms with Crippen molar-refractivity contribution in [2.45, 2.75) is 25.9 Å². The van der Waals surface area contributed by atoms with E-state index in [2.05, 4.69) is 0 Å². The molecular formula is C11H15O4P. The Bertz CT molecular complexity index is 435. The van der Waals surface area contributed by atoms with Gasteiger partial charge in [-0.1, -0.05) is 30.7 Å². The van der Waals surface area contributed by atoms with Crippen LogP contribution in [0, 0.1) is 6.92 Å². The summed E-state index contributed by atoms with van der Waals surface area (Å²) in [6.07, 6.45) is -0.131. The predicted octanol–water partition coefficient (Wildman–Crippen LogP) is 2.13. The summed E-state index contributed by atoms with van der Waals surface area (Å²) in [4.78, 5) is 29.5. The van der Waals surface area contributed by atoms with Crippen LogP contribution in [0.25, 0.3) is 0 Å². The van der Waals surface area contributed by atoms with Gasteiger partial charge < -0.3 is 9.79 Å². The molecule has 0 heterocycles. The van der Waals surface area contributed by atoms with Crippen LogP contribution in [0.3, 0.4) is 0 Å². The number of benzene rings is 1. The highest BCUT2D eigenvalue weighted by atomic mass is 31.2. The summed E-state index contributed by atoms with van der Waals surface area (Å²) in [6.45, 7) is 3.25. The van der Waals surface area contributed by atoms with Gasteiger partial charge in [0.15, 0.2) is 5.78 Å². The average molecular weight is 242 g/mol. The smallest absolute Gasteiger partial charge is 0.324 e. The fourth-order valence-corrected chi connectivity index (χ4v) is 1.73. The summed E-state index contributed by atoms with van der Waals surface area (Å²) in [7, 11) is -4.16. The molecule has 0 aliphatic rings. The zero-order valence-corrected chi connectivity index (χ0v) is 10.1. The Kier molecular flexibility index (Phi) is 4.03. The van der Waals surface area contributed by atoms with E-state index in [-0.39, 0.29) is 12.2 Å². The van der Waals surface area contributed by atoms with Gasteiger partial charge in [-0.05, 0) is 13.0 Å². The quantitative estimate of drug-likeness (QED) is 0.626. The molecule has 88 valence electrons. The molecule has 16 heavy (non-hydrogen) atoms. The molecule has 2 N–H and O–H groups in total. The van der Waals surface area contributed by atoms with Crippen molar-refractivity contribution in [1.29, 1.82) is 0 Å². The Morgan fingerprint density at radius 3 is 2.56 bits per heavy atom. The van der Waals surface area contributed by atoms with Crippen LogP contribution in [0.5, 0.6) is 0 Å². The van der Waals surface area contributed by atoms with Crippen molar-refractivity contribution in [3.63, 3.8) is 0 Å². The molecule has 0 fully saturated rings. The Balaban J connectivity index is 2.77. The van der Waals surface area contributed by atoms with Gasteiger partial charge in [-0.25, -0.2) is 0 Å². The number of aryl methyl sites for hydroxylation is 1. The van der Waals surface area contributed by atoms with Gasteiger partial charge in [0.1, 0.15) is 0 Å². The molecule has 0 aromatic heterocycles. The predicted molar refractivity (Wildman–Crippen MR) is 61.6 cm³/mol. The van der Waals surface area contributed by atoms with E-state index in [0.29, 0.717) is 5.56 Å². The van der Waals surface area contributed by atoms with Crippen LogP contribution in [0.4, 0.5) is 0 Å². The number of hydrogen-bond acceptors (Lipinski definition) is 2. The fourth-order valence-electron chi connectivity index (χ4n) is 1.32. The van der Waals surface area contributed by atoms with Crippen LogP contribution in [-0.2, 0) is 4.57 Å². The van der Waals surface area contributed by atoms with Crippen molar-refractivity contribution in [2.75, 3.05) is 0 Å². The number of Topliss-reactive ketones (excluding diaryl/α,β-unsaturated/α-hetero) is 1. The first-order valence-electron chi connectivity index (χ1n) is 4.96. The highest BCUT2D eigenvalue weighted by Crippen LogP contribution is 2.42. The molecule has 0 amide bonds. The van der Waals surface area contributed by atoms with Gasteiger partial charge in [0.2, 0.25) is 0 Å². The highest BCUT2D eigenvalue weighted by molar-refractivity contribution is 7.52. The molecule has 0 saturated carbocycles. The van der Waals surface area contributed by atoms with Crippen molar-refractivity contribution in [2.24, 2.45) is 0 Å². The van der Waals surface area contributed by atoms with Crippen molar-refractivity contribution >= 4 is 13.4 Å². The fraction of sp³-hybridized carbons (Fsp3) is 0.364. The Hall–Kier alpha value is -0.960. The van der Waals surface area contributed by atoms with Crippen LogP contribution < -0.4 is 0 Å². The molecule has 1 atom stereocenters. The van der Waals surface area contributed by atoms with Gasteiger partial charge >= 0.3 is 7.60 Å². The lowest BCUT2D eigenvalue weighted by Gasteiger charge is -2.12. The summed E-state index contributed by atoms with van der Waals surface area (Å²) < 4.78 is 10.9. The SMILES string of the molecule is Cc1cccc(C(=O)CC(C)P(=O)(O)O)c1. The summed E-state index contributed by atoms with van der Waals surface area (Å²) in [5.41, 5.74) is 0.524. The van der Waals surface area contributed by atoms with Gasteiger partial charge in [-0.2, -0.15) is 0 Å². The number of carbonyl (C=O) groups is 1. The molecule has 0 aliphatic heterocycles. The van der Waals surface area contributed by atoms with Crippen LogP contribution in [-0.4, -0.2) is 21.2 Å². The molecule has 0 radical (unpaired) electrons. The first kappa shape index (κ1) is 13.1. The van der Waals surface area contributed by atoms with Crippen molar-refractivity contribution in [1.82, 2.24) is 0 Å². The largest absolute Gasteiger partial charge is 0.328 e. The molecule has 0 bridgehead atoms. The second-order valence-electron chi connectivity index (χ2n) is 3.93. The van der Waals surface area contributed by atoms with Crippen LogP contribution in [0.15, 0.2) is 24.3 Å². The van der Waals surface area contributed by atoms with Gasteiger partial charge in [0.25, 0.3) is 0 Å². The topological polar surface area (TPSA) is 74.6 Å². The number of hydrogen-bond donors (Lipinski definition) is 2. The lowest BCUT2D eigenvalue weighted by Crippen LogP contribution is -2.11. The number of ketones is 1. The Morgan fingerprint density at radius 1 is 1.44 bits per heavy atom. The molecule has 1 aromatic rings. The zero-order valence-electron chi connectivity index (χ0n) is 9.25. The summed E-state index contributed by atoms with van der Waals surface area (Å²) in [6, 6.07) is 6.99. The van der Waals surface area contributed by atoms with Crippen molar-refractivity contribution in [3.8, 4) is 0 Å². The standard InChI is InChI=1S/C11H15O4P/c1-8-4-3-5-10(6-8)11(12)7-9(2)16(13,14)15/h3-6,9H,7H2,1-2H3,(H2,13,14,15). The van der Waals surface area contributed by atoms with E-state index in [1.54, 1.807) is 18.2 Å². The number of rotatable bonds is 4. The molecule has 1 rings (SSSR count). The third-order valence-electron chi connectivity index (χ3n) is 2.40. The third-order valence-corrected chi connectivity index (χ3v) is 3.73. The Labute approximate surface area is 94.5 Å². The minimum atomic E-state index is -4.16. The molecular weight excluding hydrogens is 227 g/mol. The van der Waals surface area contributed by atoms with Gasteiger partial charge in [0.05, 0.1) is 5.66 Å². The third kappa shape index (κ3) is 3.56. The van der Waals surface area contributed by atoms with Crippen molar-refractivity contribution < 1.29 is 19.1 Å². The van der Waals surface area contributed by atoms with Crippen LogP contribution in [0.1, 0.15) is 29.3 Å². The highest BCUT2D eigenvalue weighted by Gasteiger charge is 2.26. The lowest BCUT2D eigenvalue weighted by atomic mass is 10.0. The maximum atomic E-state index is 11.7. The van der Waals surface area contributed by atoms with Gasteiger partial charge in [-0.3, -0.25) is 9.36 Å². The molecule has 1 aromatic carbocycles.